The van der Waals surface area contributed by atoms with Crippen molar-refractivity contribution in [2.24, 2.45) is 0 Å². The number of aromatic nitrogens is 2. The van der Waals surface area contributed by atoms with Gasteiger partial charge in [-0.05, 0) is 18.2 Å². The molecule has 0 unspecified atom stereocenters. The lowest BCUT2D eigenvalue weighted by Crippen LogP contribution is -2.12. The molecule has 2 heterocycles. The van der Waals surface area contributed by atoms with Crippen LogP contribution < -0.4 is 10.7 Å². The van der Waals surface area contributed by atoms with E-state index in [-0.39, 0.29) is 27.3 Å². The first-order chi connectivity index (χ1) is 11.4. The zero-order valence-electron chi connectivity index (χ0n) is 11.8. The van der Waals surface area contributed by atoms with Gasteiger partial charge < -0.3 is 5.11 Å². The number of rotatable bonds is 2. The van der Waals surface area contributed by atoms with Gasteiger partial charge >= 0.3 is 6.09 Å². The molecule has 6 nitrogen and oxygen atoms in total. The molecule has 1 amide bonds. The summed E-state index contributed by atoms with van der Waals surface area (Å²) >= 11 is 5.83. The Balaban J connectivity index is 2.31. The van der Waals surface area contributed by atoms with Gasteiger partial charge in [0, 0.05) is 18.3 Å². The number of hydrogen-bond acceptors (Lipinski definition) is 3. The average molecular weight is 352 g/mol. The molecular weight excluding hydrogens is 344 g/mol. The Hall–Kier alpha value is -3.00. The van der Waals surface area contributed by atoms with Gasteiger partial charge in [0.25, 0.3) is 0 Å². The number of fused-ring (bicyclic) bond motifs is 1. The summed E-state index contributed by atoms with van der Waals surface area (Å²) in [6.45, 7) is 0. The third-order valence-corrected chi connectivity index (χ3v) is 3.46. The Bertz CT molecular complexity index is 1040. The molecule has 2 N–H and O–H groups in total. The van der Waals surface area contributed by atoms with Crippen LogP contribution in [0.4, 0.5) is 19.3 Å². The zero-order valence-corrected chi connectivity index (χ0v) is 12.5. The van der Waals surface area contributed by atoms with E-state index in [2.05, 4.69) is 4.98 Å². The smallest absolute Gasteiger partial charge is 0.409 e. The van der Waals surface area contributed by atoms with Crippen LogP contribution in [0.5, 0.6) is 0 Å². The lowest BCUT2D eigenvalue weighted by atomic mass is 10.2. The molecule has 0 aliphatic heterocycles. The number of carboxylic acid groups (broad SMARTS) is 1. The second kappa shape index (κ2) is 5.89. The molecule has 0 aliphatic carbocycles. The van der Waals surface area contributed by atoms with E-state index in [0.29, 0.717) is 6.07 Å². The minimum Gasteiger partial charge on any atom is -0.465 e. The quantitative estimate of drug-likeness (QED) is 0.693. The van der Waals surface area contributed by atoms with Crippen LogP contribution in [0.25, 0.3) is 16.7 Å². The van der Waals surface area contributed by atoms with E-state index >= 15 is 0 Å². The number of carbonyl (C=O) groups is 1. The van der Waals surface area contributed by atoms with Gasteiger partial charge in [-0.15, -0.1) is 0 Å². The third-order valence-electron chi connectivity index (χ3n) is 3.25. The minimum atomic E-state index is -1.50. The average Bonchev–Trinajstić information content (AvgIpc) is 2.50. The van der Waals surface area contributed by atoms with Crippen LogP contribution in [0, 0.1) is 11.6 Å². The molecule has 3 aromatic rings. The molecule has 0 radical (unpaired) electrons. The van der Waals surface area contributed by atoms with E-state index in [1.165, 1.54) is 29.0 Å². The molecule has 9 heteroatoms. The van der Waals surface area contributed by atoms with Gasteiger partial charge in [0.2, 0.25) is 0 Å². The molecule has 24 heavy (non-hydrogen) atoms. The number of halogens is 3. The van der Waals surface area contributed by atoms with Gasteiger partial charge in [-0.2, -0.15) is 0 Å². The number of amides is 1. The largest absolute Gasteiger partial charge is 0.465 e. The van der Waals surface area contributed by atoms with Crippen LogP contribution in [0.1, 0.15) is 0 Å². The number of nitrogens with one attached hydrogen (secondary N) is 1. The Morgan fingerprint density at radius 1 is 1.21 bits per heavy atom. The van der Waals surface area contributed by atoms with E-state index in [9.17, 15) is 18.4 Å². The Morgan fingerprint density at radius 2 is 1.96 bits per heavy atom. The van der Waals surface area contributed by atoms with Gasteiger partial charge in [0.1, 0.15) is 22.4 Å². The van der Waals surface area contributed by atoms with Gasteiger partial charge in [-0.1, -0.05) is 11.6 Å². The van der Waals surface area contributed by atoms with Gasteiger partial charge in [0.15, 0.2) is 5.43 Å². The van der Waals surface area contributed by atoms with Crippen LogP contribution in [-0.2, 0) is 0 Å². The van der Waals surface area contributed by atoms with Gasteiger partial charge in [-0.25, -0.2) is 18.6 Å². The van der Waals surface area contributed by atoms with Crippen molar-refractivity contribution in [2.75, 3.05) is 5.32 Å². The molecule has 0 spiro atoms. The summed E-state index contributed by atoms with van der Waals surface area (Å²) in [6.07, 6.45) is -0.258. The molecule has 1 aromatic carbocycles. The maximum absolute atomic E-state index is 14.2. The summed E-state index contributed by atoms with van der Waals surface area (Å²) in [6, 6.07) is 5.53. The Kier molecular flexibility index (Phi) is 3.90. The molecule has 3 rings (SSSR count). The molecule has 0 bridgehead atoms. The zero-order chi connectivity index (χ0) is 17.4. The number of benzene rings is 1. The predicted octanol–water partition coefficient (Wildman–Crippen LogP) is 3.41. The number of hydrogen-bond donors (Lipinski definition) is 2. The van der Waals surface area contributed by atoms with Crippen molar-refractivity contribution in [3.63, 3.8) is 0 Å². The van der Waals surface area contributed by atoms with E-state index in [1.54, 1.807) is 0 Å². The summed E-state index contributed by atoms with van der Waals surface area (Å²) < 4.78 is 29.1. The summed E-state index contributed by atoms with van der Waals surface area (Å²) in [4.78, 5) is 26.6. The van der Waals surface area contributed by atoms with Crippen molar-refractivity contribution in [2.45, 2.75) is 0 Å². The summed E-state index contributed by atoms with van der Waals surface area (Å²) in [5.74, 6) is -2.04. The minimum absolute atomic E-state index is 0.0572. The monoisotopic (exact) mass is 351 g/mol. The van der Waals surface area contributed by atoms with Crippen LogP contribution in [0.15, 0.2) is 41.3 Å². The normalized spacial score (nSPS) is 10.8. The third kappa shape index (κ3) is 2.79. The maximum Gasteiger partial charge on any atom is 0.409 e. The molecule has 122 valence electrons. The predicted molar refractivity (Wildman–Crippen MR) is 83.9 cm³/mol. The van der Waals surface area contributed by atoms with E-state index < -0.39 is 23.4 Å². The highest BCUT2D eigenvalue weighted by Gasteiger charge is 2.15. The fraction of sp³-hybridized carbons (Fsp3) is 0. The highest BCUT2D eigenvalue weighted by molar-refractivity contribution is 6.29. The summed E-state index contributed by atoms with van der Waals surface area (Å²) in [7, 11) is 0. The summed E-state index contributed by atoms with van der Waals surface area (Å²) in [5, 5.41) is 10.8. The Labute approximate surface area is 137 Å². The highest BCUT2D eigenvalue weighted by atomic mass is 35.5. The lowest BCUT2D eigenvalue weighted by molar-refractivity contribution is 0.209. The van der Waals surface area contributed by atoms with Crippen LogP contribution >= 0.6 is 11.6 Å². The molecule has 0 fully saturated rings. The molecule has 0 saturated carbocycles. The van der Waals surface area contributed by atoms with Gasteiger partial charge in [0.05, 0.1) is 16.8 Å². The summed E-state index contributed by atoms with van der Waals surface area (Å²) in [5.41, 5.74) is -0.925. The van der Waals surface area contributed by atoms with E-state index in [4.69, 9.17) is 16.7 Å². The number of nitrogens with zero attached hydrogens (tertiary/aromatic N) is 2. The second-order valence-electron chi connectivity index (χ2n) is 4.77. The van der Waals surface area contributed by atoms with Crippen LogP contribution in [-0.4, -0.2) is 20.8 Å². The van der Waals surface area contributed by atoms with Crippen molar-refractivity contribution in [3.05, 3.63) is 63.5 Å². The fourth-order valence-corrected chi connectivity index (χ4v) is 2.37. The van der Waals surface area contributed by atoms with E-state index in [0.717, 1.165) is 6.07 Å². The molecule has 2 aromatic heterocycles. The topological polar surface area (TPSA) is 84.2 Å². The standard InChI is InChI=1S/C15H8ClF2N3O3/c16-13-2-1-7-12(22)3-4-21(14(7)20-13)11-6-10(19-15(23)24)8(17)5-9(11)18/h1-6,19H,(H,23,24). The molecule has 0 aliphatic rings. The lowest BCUT2D eigenvalue weighted by Gasteiger charge is -2.13. The van der Waals surface area contributed by atoms with Crippen LogP contribution in [0.2, 0.25) is 5.15 Å². The van der Waals surface area contributed by atoms with Crippen molar-refractivity contribution < 1.29 is 18.7 Å². The molecule has 0 atom stereocenters. The van der Waals surface area contributed by atoms with Gasteiger partial charge in [-0.3, -0.25) is 14.7 Å². The number of pyridine rings is 2. The first kappa shape index (κ1) is 15.9. The molecular formula is C15H8ClF2N3O3. The van der Waals surface area contributed by atoms with Crippen molar-refractivity contribution in [3.8, 4) is 5.69 Å². The van der Waals surface area contributed by atoms with Crippen LogP contribution in [0.3, 0.4) is 0 Å². The SMILES string of the molecule is O=C(O)Nc1cc(-n2ccc(=O)c3ccc(Cl)nc32)c(F)cc1F. The molecule has 0 saturated heterocycles. The van der Waals surface area contributed by atoms with Crippen molar-refractivity contribution >= 4 is 34.4 Å². The van der Waals surface area contributed by atoms with Crippen molar-refractivity contribution in [1.29, 1.82) is 0 Å². The second-order valence-corrected chi connectivity index (χ2v) is 5.16. The number of anilines is 1. The first-order valence-electron chi connectivity index (χ1n) is 6.54. The highest BCUT2D eigenvalue weighted by Crippen LogP contribution is 2.25. The van der Waals surface area contributed by atoms with Crippen molar-refractivity contribution in [1.82, 2.24) is 9.55 Å². The maximum atomic E-state index is 14.2. The Morgan fingerprint density at radius 3 is 2.67 bits per heavy atom. The van der Waals surface area contributed by atoms with E-state index in [1.807, 2.05) is 5.32 Å². The fourth-order valence-electron chi connectivity index (χ4n) is 2.23. The first-order valence-corrected chi connectivity index (χ1v) is 6.92.